The normalized spacial score (nSPS) is 24.7. The van der Waals surface area contributed by atoms with Crippen LogP contribution in [0, 0.1) is 22.0 Å². The lowest BCUT2D eigenvalue weighted by molar-refractivity contribution is -0.483. The summed E-state index contributed by atoms with van der Waals surface area (Å²) < 4.78 is 0. The molecule has 1 aliphatic heterocycles. The van der Waals surface area contributed by atoms with Crippen molar-refractivity contribution in [2.75, 3.05) is 26.2 Å². The average molecular weight is 290 g/mol. The van der Waals surface area contributed by atoms with E-state index in [4.69, 9.17) is 0 Å². The van der Waals surface area contributed by atoms with E-state index >= 15 is 0 Å². The fourth-order valence-corrected chi connectivity index (χ4v) is 3.58. The largest absolute Gasteiger partial charge is 0.303 e. The van der Waals surface area contributed by atoms with E-state index in [0.29, 0.717) is 0 Å². The van der Waals surface area contributed by atoms with Gasteiger partial charge in [0.15, 0.2) is 0 Å². The van der Waals surface area contributed by atoms with Crippen molar-refractivity contribution in [2.24, 2.45) is 11.8 Å². The van der Waals surface area contributed by atoms with E-state index in [1.807, 2.05) is 30.3 Å². The fraction of sp³-hybridized carbons (Fsp3) is 0.647. The van der Waals surface area contributed by atoms with Crippen LogP contribution in [-0.2, 0) is 0 Å². The van der Waals surface area contributed by atoms with Crippen LogP contribution in [0.25, 0.3) is 0 Å². The first-order chi connectivity index (χ1) is 10.0. The SMILES string of the molecule is C[C@H]1C[C@H](C)CN(CC[C@@H](C[N+](=O)[O-])c2ccccc2)C1. The van der Waals surface area contributed by atoms with Crippen LogP contribution < -0.4 is 0 Å². The van der Waals surface area contributed by atoms with Gasteiger partial charge >= 0.3 is 0 Å². The van der Waals surface area contributed by atoms with Crippen molar-refractivity contribution in [3.63, 3.8) is 0 Å². The Morgan fingerprint density at radius 1 is 1.24 bits per heavy atom. The van der Waals surface area contributed by atoms with Gasteiger partial charge in [0.2, 0.25) is 6.54 Å². The van der Waals surface area contributed by atoms with E-state index in [0.717, 1.165) is 43.5 Å². The zero-order valence-corrected chi connectivity index (χ0v) is 13.1. The van der Waals surface area contributed by atoms with E-state index < -0.39 is 0 Å². The molecule has 1 aromatic carbocycles. The quantitative estimate of drug-likeness (QED) is 0.596. The monoisotopic (exact) mass is 290 g/mol. The summed E-state index contributed by atoms with van der Waals surface area (Å²) in [6.45, 7) is 7.85. The highest BCUT2D eigenvalue weighted by Gasteiger charge is 2.24. The molecule has 0 spiro atoms. The second kappa shape index (κ2) is 7.55. The lowest BCUT2D eigenvalue weighted by atomic mass is 9.90. The Bertz CT molecular complexity index is 439. The Hall–Kier alpha value is -1.42. The van der Waals surface area contributed by atoms with E-state index in [1.165, 1.54) is 6.42 Å². The van der Waals surface area contributed by atoms with Crippen molar-refractivity contribution in [2.45, 2.75) is 32.6 Å². The van der Waals surface area contributed by atoms with Crippen LogP contribution in [0.2, 0.25) is 0 Å². The van der Waals surface area contributed by atoms with Gasteiger partial charge < -0.3 is 4.90 Å². The molecular weight excluding hydrogens is 264 g/mol. The second-order valence-corrected chi connectivity index (χ2v) is 6.62. The maximum Gasteiger partial charge on any atom is 0.210 e. The molecule has 21 heavy (non-hydrogen) atoms. The van der Waals surface area contributed by atoms with Crippen molar-refractivity contribution in [1.82, 2.24) is 4.90 Å². The number of benzene rings is 1. The Morgan fingerprint density at radius 2 is 1.86 bits per heavy atom. The third-order valence-corrected chi connectivity index (χ3v) is 4.38. The van der Waals surface area contributed by atoms with Crippen LogP contribution in [0.1, 0.15) is 38.2 Å². The van der Waals surface area contributed by atoms with Crippen molar-refractivity contribution < 1.29 is 4.92 Å². The number of likely N-dealkylation sites (tertiary alicyclic amines) is 1. The van der Waals surface area contributed by atoms with Crippen LogP contribution >= 0.6 is 0 Å². The summed E-state index contributed by atoms with van der Waals surface area (Å²) in [5, 5.41) is 10.9. The zero-order chi connectivity index (χ0) is 15.2. The van der Waals surface area contributed by atoms with Crippen molar-refractivity contribution in [3.8, 4) is 0 Å². The molecule has 3 atom stereocenters. The van der Waals surface area contributed by atoms with Gasteiger partial charge in [-0.2, -0.15) is 0 Å². The number of piperidine rings is 1. The molecule has 2 rings (SSSR count). The number of nitro groups is 1. The standard InChI is InChI=1S/C17H26N2O2/c1-14-10-15(2)12-18(11-14)9-8-17(13-19(20)21)16-6-4-3-5-7-16/h3-7,14-15,17H,8-13H2,1-2H3/t14-,15-,17-/m0/s1. The lowest BCUT2D eigenvalue weighted by Gasteiger charge is -2.35. The van der Waals surface area contributed by atoms with Crippen LogP contribution in [0.15, 0.2) is 30.3 Å². The highest BCUT2D eigenvalue weighted by molar-refractivity contribution is 5.19. The number of hydrogen-bond donors (Lipinski definition) is 0. The summed E-state index contributed by atoms with van der Waals surface area (Å²) in [6, 6.07) is 9.91. The van der Waals surface area contributed by atoms with Gasteiger partial charge in [0, 0.05) is 23.9 Å². The summed E-state index contributed by atoms with van der Waals surface area (Å²) in [4.78, 5) is 13.2. The van der Waals surface area contributed by atoms with Gasteiger partial charge in [0.05, 0.1) is 0 Å². The highest BCUT2D eigenvalue weighted by Crippen LogP contribution is 2.24. The molecule has 0 aliphatic carbocycles. The number of rotatable bonds is 6. The van der Waals surface area contributed by atoms with Gasteiger partial charge in [0.1, 0.15) is 0 Å². The third-order valence-electron chi connectivity index (χ3n) is 4.38. The first-order valence-electron chi connectivity index (χ1n) is 7.93. The average Bonchev–Trinajstić information content (AvgIpc) is 2.43. The molecule has 1 aliphatic rings. The Labute approximate surface area is 127 Å². The molecule has 0 N–H and O–H groups in total. The summed E-state index contributed by atoms with van der Waals surface area (Å²) in [5.74, 6) is 1.49. The first-order valence-corrected chi connectivity index (χ1v) is 7.93. The third kappa shape index (κ3) is 5.12. The molecule has 0 aromatic heterocycles. The molecule has 0 bridgehead atoms. The smallest absolute Gasteiger partial charge is 0.210 e. The summed E-state index contributed by atoms with van der Waals surface area (Å²) >= 11 is 0. The molecule has 0 unspecified atom stereocenters. The van der Waals surface area contributed by atoms with Gasteiger partial charge in [-0.05, 0) is 36.8 Å². The number of nitrogens with zero attached hydrogens (tertiary/aromatic N) is 2. The van der Waals surface area contributed by atoms with Crippen LogP contribution in [0.5, 0.6) is 0 Å². The van der Waals surface area contributed by atoms with Crippen molar-refractivity contribution in [3.05, 3.63) is 46.0 Å². The van der Waals surface area contributed by atoms with Crippen molar-refractivity contribution >= 4 is 0 Å². The minimum atomic E-state index is -0.181. The minimum absolute atomic E-state index is 0.0220. The van der Waals surface area contributed by atoms with E-state index in [2.05, 4.69) is 18.7 Å². The van der Waals surface area contributed by atoms with E-state index in [-0.39, 0.29) is 17.4 Å². The molecule has 4 heteroatoms. The molecule has 1 fully saturated rings. The molecule has 1 heterocycles. The predicted octanol–water partition coefficient (Wildman–Crippen LogP) is 3.41. The molecule has 4 nitrogen and oxygen atoms in total. The fourth-order valence-electron chi connectivity index (χ4n) is 3.58. The van der Waals surface area contributed by atoms with Gasteiger partial charge in [0.25, 0.3) is 0 Å². The van der Waals surface area contributed by atoms with E-state index in [9.17, 15) is 10.1 Å². The summed E-state index contributed by atoms with van der Waals surface area (Å²) in [6.07, 6.45) is 2.16. The van der Waals surface area contributed by atoms with Gasteiger partial charge in [-0.25, -0.2) is 0 Å². The first kappa shape index (κ1) is 16.0. The Kier molecular flexibility index (Phi) is 5.74. The molecule has 116 valence electrons. The zero-order valence-electron chi connectivity index (χ0n) is 13.1. The molecule has 1 saturated heterocycles. The summed E-state index contributed by atoms with van der Waals surface area (Å²) in [7, 11) is 0. The minimum Gasteiger partial charge on any atom is -0.303 e. The van der Waals surface area contributed by atoms with Gasteiger partial charge in [-0.3, -0.25) is 10.1 Å². The number of hydrogen-bond acceptors (Lipinski definition) is 3. The highest BCUT2D eigenvalue weighted by atomic mass is 16.6. The van der Waals surface area contributed by atoms with Crippen LogP contribution in [0.3, 0.4) is 0 Å². The summed E-state index contributed by atoms with van der Waals surface area (Å²) in [5.41, 5.74) is 1.09. The van der Waals surface area contributed by atoms with Gasteiger partial charge in [-0.15, -0.1) is 0 Å². The van der Waals surface area contributed by atoms with Gasteiger partial charge in [-0.1, -0.05) is 44.2 Å². The molecule has 1 aromatic rings. The van der Waals surface area contributed by atoms with Crippen LogP contribution in [0.4, 0.5) is 0 Å². The Morgan fingerprint density at radius 3 is 2.43 bits per heavy atom. The molecule has 0 amide bonds. The van der Waals surface area contributed by atoms with Crippen LogP contribution in [-0.4, -0.2) is 36.0 Å². The second-order valence-electron chi connectivity index (χ2n) is 6.62. The van der Waals surface area contributed by atoms with Crippen molar-refractivity contribution in [1.29, 1.82) is 0 Å². The van der Waals surface area contributed by atoms with E-state index in [1.54, 1.807) is 0 Å². The lowest BCUT2D eigenvalue weighted by Crippen LogP contribution is -2.39. The molecular formula is C17H26N2O2. The Balaban J connectivity index is 1.94. The maximum atomic E-state index is 10.9. The maximum absolute atomic E-state index is 10.9. The molecule has 0 saturated carbocycles. The topological polar surface area (TPSA) is 46.4 Å². The molecule has 0 radical (unpaired) electrons. The predicted molar refractivity (Wildman–Crippen MR) is 85.0 cm³/mol.